The van der Waals surface area contributed by atoms with Gasteiger partial charge in [-0.1, -0.05) is 24.4 Å². The number of carboxylic acids is 1. The van der Waals surface area contributed by atoms with E-state index >= 15 is 0 Å². The van der Waals surface area contributed by atoms with Crippen LogP contribution in [0.2, 0.25) is 5.15 Å². The number of nitrogens with zero attached hydrogens (tertiary/aromatic N) is 1. The Balaban J connectivity index is 2.14. The number of anilines is 1. The number of hydrogen-bond donors (Lipinski definition) is 2. The third kappa shape index (κ3) is 3.49. The molecule has 0 spiro atoms. The normalized spacial score (nSPS) is 22.3. The number of carboxylic acid groups (broad SMARTS) is 1. The molecule has 7 heteroatoms. The van der Waals surface area contributed by atoms with Crippen molar-refractivity contribution in [2.75, 3.05) is 5.32 Å². The topological polar surface area (TPSA) is 79.3 Å². The van der Waals surface area contributed by atoms with E-state index in [-0.39, 0.29) is 11.1 Å². The Morgan fingerprint density at radius 3 is 2.65 bits per heavy atom. The summed E-state index contributed by atoms with van der Waals surface area (Å²) in [5.74, 6) is -2.36. The van der Waals surface area contributed by atoms with Gasteiger partial charge in [-0.3, -0.25) is 9.59 Å². The van der Waals surface area contributed by atoms with Crippen molar-refractivity contribution in [3.63, 3.8) is 0 Å². The molecule has 2 unspecified atom stereocenters. The number of rotatable bonds is 3. The lowest BCUT2D eigenvalue weighted by Gasteiger charge is -2.27. The van der Waals surface area contributed by atoms with Gasteiger partial charge in [0, 0.05) is 10.7 Å². The number of amides is 1. The van der Waals surface area contributed by atoms with Crippen LogP contribution in [0.5, 0.6) is 0 Å². The number of hydrogen-bond acceptors (Lipinski definition) is 3. The van der Waals surface area contributed by atoms with Gasteiger partial charge in [0.2, 0.25) is 5.91 Å². The molecule has 0 aliphatic heterocycles. The van der Waals surface area contributed by atoms with Gasteiger partial charge in [-0.15, -0.1) is 0 Å². The molecule has 1 amide bonds. The van der Waals surface area contributed by atoms with E-state index in [0.29, 0.717) is 23.0 Å². The minimum Gasteiger partial charge on any atom is -0.481 e. The van der Waals surface area contributed by atoms with Gasteiger partial charge in [-0.2, -0.15) is 0 Å². The van der Waals surface area contributed by atoms with E-state index < -0.39 is 17.8 Å². The predicted octanol–water partition coefficient (Wildman–Crippen LogP) is 3.33. The first-order valence-corrected chi connectivity index (χ1v) is 7.51. The average Bonchev–Trinajstić information content (AvgIpc) is 2.42. The smallest absolute Gasteiger partial charge is 0.307 e. The van der Waals surface area contributed by atoms with Crippen LogP contribution >= 0.6 is 27.5 Å². The Labute approximate surface area is 129 Å². The van der Waals surface area contributed by atoms with E-state index in [9.17, 15) is 14.7 Å². The molecule has 0 saturated heterocycles. The molecule has 1 aliphatic rings. The highest BCUT2D eigenvalue weighted by molar-refractivity contribution is 9.10. The number of aliphatic carboxylic acids is 1. The summed E-state index contributed by atoms with van der Waals surface area (Å²) in [6.45, 7) is 0. The van der Waals surface area contributed by atoms with Crippen molar-refractivity contribution in [1.29, 1.82) is 0 Å². The van der Waals surface area contributed by atoms with Gasteiger partial charge >= 0.3 is 5.97 Å². The summed E-state index contributed by atoms with van der Waals surface area (Å²) in [4.78, 5) is 27.4. The highest BCUT2D eigenvalue weighted by atomic mass is 79.9. The zero-order valence-electron chi connectivity index (χ0n) is 10.6. The van der Waals surface area contributed by atoms with Gasteiger partial charge in [-0.05, 0) is 34.8 Å². The number of carbonyl (C=O) groups excluding carboxylic acids is 1. The van der Waals surface area contributed by atoms with Gasteiger partial charge in [0.15, 0.2) is 5.15 Å². The van der Waals surface area contributed by atoms with Crippen LogP contribution in [0.3, 0.4) is 0 Å². The fraction of sp³-hybridized carbons (Fsp3) is 0.462. The predicted molar refractivity (Wildman–Crippen MR) is 78.7 cm³/mol. The van der Waals surface area contributed by atoms with Crippen LogP contribution in [0.15, 0.2) is 16.7 Å². The van der Waals surface area contributed by atoms with Crippen LogP contribution in [0.25, 0.3) is 0 Å². The zero-order chi connectivity index (χ0) is 14.7. The number of nitrogens with one attached hydrogen (secondary N) is 1. The van der Waals surface area contributed by atoms with E-state index in [1.807, 2.05) is 0 Å². The molecule has 1 aromatic heterocycles. The second-order valence-electron chi connectivity index (χ2n) is 4.82. The molecule has 20 heavy (non-hydrogen) atoms. The Morgan fingerprint density at radius 1 is 1.35 bits per heavy atom. The maximum Gasteiger partial charge on any atom is 0.307 e. The second kappa shape index (κ2) is 6.54. The standard InChI is InChI=1S/C13H14BrClN2O3/c14-7-5-10(11(15)16-6-7)17-12(18)8-3-1-2-4-9(8)13(19)20/h5-6,8-9H,1-4H2,(H,17,18)(H,19,20). The summed E-state index contributed by atoms with van der Waals surface area (Å²) in [5.41, 5.74) is 0.390. The largest absolute Gasteiger partial charge is 0.481 e. The summed E-state index contributed by atoms with van der Waals surface area (Å²) in [7, 11) is 0. The van der Waals surface area contributed by atoms with Crippen LogP contribution in [-0.2, 0) is 9.59 Å². The summed E-state index contributed by atoms with van der Waals surface area (Å²) < 4.78 is 0.690. The van der Waals surface area contributed by atoms with Gasteiger partial charge in [-0.25, -0.2) is 4.98 Å². The Kier molecular flexibility index (Phi) is 4.99. The lowest BCUT2D eigenvalue weighted by atomic mass is 9.78. The maximum atomic E-state index is 12.3. The van der Waals surface area contributed by atoms with E-state index in [1.165, 1.54) is 6.20 Å². The Bertz CT molecular complexity index is 538. The molecule has 1 saturated carbocycles. The lowest BCUT2D eigenvalue weighted by molar-refractivity contribution is -0.147. The molecule has 2 N–H and O–H groups in total. The van der Waals surface area contributed by atoms with Crippen molar-refractivity contribution >= 4 is 45.1 Å². The van der Waals surface area contributed by atoms with Crippen molar-refractivity contribution in [3.8, 4) is 0 Å². The maximum absolute atomic E-state index is 12.3. The molecule has 0 aromatic carbocycles. The molecular weight excluding hydrogens is 348 g/mol. The number of carbonyl (C=O) groups is 2. The monoisotopic (exact) mass is 360 g/mol. The van der Waals surface area contributed by atoms with Gasteiger partial charge < -0.3 is 10.4 Å². The molecule has 108 valence electrons. The van der Waals surface area contributed by atoms with Gasteiger partial charge in [0.05, 0.1) is 17.5 Å². The van der Waals surface area contributed by atoms with E-state index in [4.69, 9.17) is 11.6 Å². The van der Waals surface area contributed by atoms with Crippen LogP contribution < -0.4 is 5.32 Å². The quantitative estimate of drug-likeness (QED) is 0.809. The first kappa shape index (κ1) is 15.3. The molecule has 1 aliphatic carbocycles. The van der Waals surface area contributed by atoms with Crippen LogP contribution in [-0.4, -0.2) is 22.0 Å². The van der Waals surface area contributed by atoms with Crippen molar-refractivity contribution in [2.45, 2.75) is 25.7 Å². The highest BCUT2D eigenvalue weighted by Crippen LogP contribution is 2.32. The van der Waals surface area contributed by atoms with Crippen molar-refractivity contribution in [2.24, 2.45) is 11.8 Å². The summed E-state index contributed by atoms with van der Waals surface area (Å²) in [5, 5.41) is 12.1. The van der Waals surface area contributed by atoms with Gasteiger partial charge in [0.1, 0.15) is 0 Å². The number of pyridine rings is 1. The molecule has 0 radical (unpaired) electrons. The van der Waals surface area contributed by atoms with Crippen LogP contribution in [0.1, 0.15) is 25.7 Å². The molecule has 1 heterocycles. The lowest BCUT2D eigenvalue weighted by Crippen LogP contribution is -2.36. The minimum absolute atomic E-state index is 0.184. The number of aromatic nitrogens is 1. The first-order chi connectivity index (χ1) is 9.49. The van der Waals surface area contributed by atoms with Crippen molar-refractivity contribution in [3.05, 3.63) is 21.9 Å². The molecule has 2 atom stereocenters. The fourth-order valence-corrected chi connectivity index (χ4v) is 2.96. The highest BCUT2D eigenvalue weighted by Gasteiger charge is 2.35. The fourth-order valence-electron chi connectivity index (χ4n) is 2.48. The number of halogens is 2. The van der Waals surface area contributed by atoms with Crippen molar-refractivity contribution < 1.29 is 14.7 Å². The molecule has 0 bridgehead atoms. The summed E-state index contributed by atoms with van der Waals surface area (Å²) >= 11 is 9.17. The van der Waals surface area contributed by atoms with Crippen LogP contribution in [0.4, 0.5) is 5.69 Å². The SMILES string of the molecule is O=C(O)C1CCCCC1C(=O)Nc1cc(Br)cnc1Cl. The zero-order valence-corrected chi connectivity index (χ0v) is 12.9. The van der Waals surface area contributed by atoms with Crippen molar-refractivity contribution in [1.82, 2.24) is 4.98 Å². The molecule has 1 aromatic rings. The summed E-state index contributed by atoms with van der Waals surface area (Å²) in [6, 6.07) is 1.64. The first-order valence-electron chi connectivity index (χ1n) is 6.33. The van der Waals surface area contributed by atoms with E-state index in [1.54, 1.807) is 6.07 Å². The molecule has 5 nitrogen and oxygen atoms in total. The van der Waals surface area contributed by atoms with Gasteiger partial charge in [0.25, 0.3) is 0 Å². The average molecular weight is 362 g/mol. The third-order valence-corrected chi connectivity index (χ3v) is 4.22. The molecule has 1 fully saturated rings. The minimum atomic E-state index is -0.914. The van der Waals surface area contributed by atoms with E-state index in [0.717, 1.165) is 12.8 Å². The van der Waals surface area contributed by atoms with E-state index in [2.05, 4.69) is 26.2 Å². The molecule has 2 rings (SSSR count). The van der Waals surface area contributed by atoms with Crippen LogP contribution in [0, 0.1) is 11.8 Å². The summed E-state index contributed by atoms with van der Waals surface area (Å²) in [6.07, 6.45) is 4.37. The third-order valence-electron chi connectivity index (χ3n) is 3.48. The second-order valence-corrected chi connectivity index (χ2v) is 6.09. The Hall–Kier alpha value is -1.14. The molecular formula is C13H14BrClN2O3. The Morgan fingerprint density at radius 2 is 2.00 bits per heavy atom.